The third kappa shape index (κ3) is 56.0. The Bertz CT molecular complexity index is 2280. The summed E-state index contributed by atoms with van der Waals surface area (Å²) in [5, 5.41) is 0. The lowest BCUT2D eigenvalue weighted by atomic mass is 10.1. The molecule has 0 fully saturated rings. The molecule has 0 spiro atoms. The van der Waals surface area contributed by atoms with Crippen molar-refractivity contribution < 1.29 is 0 Å². The molecule has 0 aliphatic heterocycles. The first kappa shape index (κ1) is 75.3. The highest BCUT2D eigenvalue weighted by Gasteiger charge is 1.92. The summed E-state index contributed by atoms with van der Waals surface area (Å²) in [6.45, 7) is 43.0. The largest absolute Gasteiger partial charge is 0.0856 e. The summed E-state index contributed by atoms with van der Waals surface area (Å²) in [5.74, 6) is 0. The van der Waals surface area contributed by atoms with Gasteiger partial charge in [-0.15, -0.1) is 0 Å². The molecule has 0 aliphatic rings. The Hall–Kier alpha value is -6.76. The zero-order valence-electron chi connectivity index (χ0n) is 54.4. The van der Waals surface area contributed by atoms with Gasteiger partial charge in [0.05, 0.1) is 0 Å². The van der Waals surface area contributed by atoms with Gasteiger partial charge in [-0.3, -0.25) is 0 Å². The highest BCUT2D eigenvalue weighted by atomic mass is 14.0. The second-order valence-electron chi connectivity index (χ2n) is 22.3. The molecule has 0 amide bonds. The second kappa shape index (κ2) is 50.5. The smallest absolute Gasteiger partial charge is 0.0285 e. The average Bonchev–Trinajstić information content (AvgIpc) is 3.36. The number of allylic oxidation sites excluding steroid dienone is 52. The molecule has 0 atom stereocenters. The van der Waals surface area contributed by atoms with E-state index in [4.69, 9.17) is 0 Å². The number of hydrogen-bond acceptors (Lipinski definition) is 0. The Kier molecular flexibility index (Phi) is 47.5. The van der Waals surface area contributed by atoms with Crippen LogP contribution in [0.15, 0.2) is 308 Å². The van der Waals surface area contributed by atoms with Crippen LogP contribution in [0.25, 0.3) is 0 Å². The van der Waals surface area contributed by atoms with Gasteiger partial charge in [0.15, 0.2) is 0 Å². The van der Waals surface area contributed by atoms with Crippen LogP contribution >= 0.6 is 0 Å². The van der Waals surface area contributed by atoms with Crippen LogP contribution in [0, 0.1) is 0 Å². The molecule has 0 saturated heterocycles. The fourth-order valence-electron chi connectivity index (χ4n) is 6.82. The van der Waals surface area contributed by atoms with Gasteiger partial charge >= 0.3 is 0 Å². The second-order valence-corrected chi connectivity index (χ2v) is 22.3. The Morgan fingerprint density at radius 3 is 0.463 bits per heavy atom. The van der Waals surface area contributed by atoms with Gasteiger partial charge in [0.1, 0.15) is 0 Å². The van der Waals surface area contributed by atoms with E-state index in [-0.39, 0.29) is 0 Å². The van der Waals surface area contributed by atoms with Crippen LogP contribution in [0.2, 0.25) is 0 Å². The molecule has 0 nitrogen and oxygen atoms in total. The Labute approximate surface area is 495 Å². The first-order valence-electron chi connectivity index (χ1n) is 29.3. The minimum absolute atomic E-state index is 1.12. The molecule has 0 heterocycles. The molecule has 432 valence electrons. The lowest BCUT2D eigenvalue weighted by Crippen LogP contribution is -1.76. The Morgan fingerprint density at radius 1 is 0.175 bits per heavy atom. The van der Waals surface area contributed by atoms with Gasteiger partial charge < -0.3 is 0 Å². The lowest BCUT2D eigenvalue weighted by molar-refractivity contribution is 0.967. The summed E-state index contributed by atoms with van der Waals surface area (Å²) in [4.78, 5) is 0. The van der Waals surface area contributed by atoms with E-state index in [2.05, 4.69) is 357 Å². The molecule has 80 heavy (non-hydrogen) atoms. The summed E-state index contributed by atoms with van der Waals surface area (Å²) >= 11 is 0. The van der Waals surface area contributed by atoms with Crippen LogP contribution in [0.1, 0.15) is 190 Å². The number of hydrogen-bond donors (Lipinski definition) is 0. The molecule has 0 radical (unpaired) electrons. The van der Waals surface area contributed by atoms with Crippen molar-refractivity contribution in [3.05, 3.63) is 308 Å². The fraction of sp³-hybridized carbons (Fsp3) is 0.350. The minimum atomic E-state index is 1.12. The molecule has 0 unspecified atom stereocenters. The molecule has 0 N–H and O–H groups in total. The third-order valence-corrected chi connectivity index (χ3v) is 11.9. The quantitative estimate of drug-likeness (QED) is 0.0465. The predicted octanol–water partition coefficient (Wildman–Crippen LogP) is 25.9. The van der Waals surface area contributed by atoms with E-state index in [1.165, 1.54) is 89.2 Å². The van der Waals surface area contributed by atoms with Crippen molar-refractivity contribution >= 4 is 0 Å². The Morgan fingerprint density at radius 2 is 0.312 bits per heavy atom. The lowest BCUT2D eigenvalue weighted by Gasteiger charge is -1.96. The van der Waals surface area contributed by atoms with E-state index in [1.807, 2.05) is 0 Å². The minimum Gasteiger partial charge on any atom is -0.0856 e. The molecule has 0 aromatic heterocycles. The van der Waals surface area contributed by atoms with Crippen molar-refractivity contribution in [1.29, 1.82) is 0 Å². The molecule has 0 aliphatic carbocycles. The van der Waals surface area contributed by atoms with E-state index >= 15 is 0 Å². The first-order valence-corrected chi connectivity index (χ1v) is 29.3. The maximum atomic E-state index is 2.30. The summed E-state index contributed by atoms with van der Waals surface area (Å²) in [7, 11) is 0. The standard InChI is InChI=1S/2C40H56/c2*1-33(2)19-13-23-37(7)27-17-31-39(9)29-15-25-35(5)21-11-12-22-36(6)26-16-30-40(10)32-18-28-38(8)24-14-20-34(3)4/h2*11-12,15-22,25-32H,13-14,23-24H2,1-10H3/b2*12-11+,25-15+,26-16+,31-17+,32-18+,35-21+,36-22+,37-27+,38-28+,39-29+,40-30+. The first-order chi connectivity index (χ1) is 38.0. The monoisotopic (exact) mass is 1070 g/mol. The molecule has 0 heteroatoms. The van der Waals surface area contributed by atoms with E-state index in [0.717, 1.165) is 51.4 Å². The maximum Gasteiger partial charge on any atom is -0.0285 e. The highest BCUT2D eigenvalue weighted by Crippen LogP contribution is 2.12. The molecule has 0 aromatic carbocycles. The molecule has 0 bridgehead atoms. The van der Waals surface area contributed by atoms with Gasteiger partial charge in [-0.25, -0.2) is 0 Å². The fourth-order valence-corrected chi connectivity index (χ4v) is 6.82. The van der Waals surface area contributed by atoms with E-state index in [0.29, 0.717) is 0 Å². The van der Waals surface area contributed by atoms with E-state index in [9.17, 15) is 0 Å². The maximum absolute atomic E-state index is 2.30. The van der Waals surface area contributed by atoms with Crippen molar-refractivity contribution in [1.82, 2.24) is 0 Å². The van der Waals surface area contributed by atoms with Gasteiger partial charge in [-0.1, -0.05) is 308 Å². The van der Waals surface area contributed by atoms with Gasteiger partial charge in [0.25, 0.3) is 0 Å². The van der Waals surface area contributed by atoms with Crippen molar-refractivity contribution in [2.45, 2.75) is 190 Å². The summed E-state index contributed by atoms with van der Waals surface area (Å²) in [6, 6.07) is 0. The molecule has 0 rings (SSSR count). The molecule has 0 saturated carbocycles. The average molecular weight is 1070 g/mol. The summed E-state index contributed by atoms with van der Waals surface area (Å²) in [6.07, 6.45) is 86.7. The van der Waals surface area contributed by atoms with Crippen LogP contribution in [0.5, 0.6) is 0 Å². The van der Waals surface area contributed by atoms with Crippen LogP contribution in [0.3, 0.4) is 0 Å². The third-order valence-electron chi connectivity index (χ3n) is 11.9. The zero-order valence-corrected chi connectivity index (χ0v) is 54.4. The van der Waals surface area contributed by atoms with Gasteiger partial charge in [0, 0.05) is 0 Å². The molecular formula is C80H112. The normalized spacial score (nSPS) is 15.1. The van der Waals surface area contributed by atoms with Crippen LogP contribution in [-0.4, -0.2) is 0 Å². The highest BCUT2D eigenvalue weighted by molar-refractivity contribution is 5.35. The summed E-state index contributed by atoms with van der Waals surface area (Å²) < 4.78 is 0. The van der Waals surface area contributed by atoms with Gasteiger partial charge in [-0.05, 0) is 190 Å². The van der Waals surface area contributed by atoms with Crippen LogP contribution in [0.4, 0.5) is 0 Å². The van der Waals surface area contributed by atoms with Gasteiger partial charge in [-0.2, -0.15) is 0 Å². The molecular weight excluding hydrogens is 961 g/mol. The van der Waals surface area contributed by atoms with Crippen molar-refractivity contribution in [3.8, 4) is 0 Å². The van der Waals surface area contributed by atoms with Crippen LogP contribution < -0.4 is 0 Å². The van der Waals surface area contributed by atoms with E-state index < -0.39 is 0 Å². The number of rotatable bonds is 32. The molecule has 0 aromatic rings. The van der Waals surface area contributed by atoms with Crippen molar-refractivity contribution in [2.24, 2.45) is 0 Å². The summed E-state index contributed by atoms with van der Waals surface area (Å²) in [5.41, 5.74) is 21.0. The zero-order chi connectivity index (χ0) is 60.4. The van der Waals surface area contributed by atoms with Crippen LogP contribution in [-0.2, 0) is 0 Å². The van der Waals surface area contributed by atoms with Crippen molar-refractivity contribution in [2.75, 3.05) is 0 Å². The van der Waals surface area contributed by atoms with Crippen molar-refractivity contribution in [3.63, 3.8) is 0 Å². The van der Waals surface area contributed by atoms with Gasteiger partial charge in [0.2, 0.25) is 0 Å². The van der Waals surface area contributed by atoms with E-state index in [1.54, 1.807) is 0 Å². The Balaban J connectivity index is 0. The SMILES string of the molecule is CC(C)=CCC/C(C)=C/C=C/C(C)=C/C=C/C(C)=C/C=C/C=C(C)/C=C/C=C(C)/C=C/C=C(\C)CCC=C(C)C.CC(C)=CCC/C(C)=C/C=C/C(C)=C/C=C/C(C)=C/C=C/C=C(C)/C=C/C=C(C)/C=C/C=C(\C)CCC=C(C)C. The topological polar surface area (TPSA) is 0 Å². The predicted molar refractivity (Wildman–Crippen MR) is 371 cm³/mol.